The van der Waals surface area contributed by atoms with Crippen LogP contribution < -0.4 is 0 Å². The lowest BCUT2D eigenvalue weighted by Crippen LogP contribution is -2.16. The molecule has 0 saturated heterocycles. The molecular formula is C25H22O2. The average Bonchev–Trinajstić information content (AvgIpc) is 2.99. The number of hydrogen-bond acceptors (Lipinski definition) is 2. The first-order valence-electron chi connectivity index (χ1n) is 9.34. The molecule has 1 atom stereocenters. The molecular weight excluding hydrogens is 332 g/mol. The molecule has 2 nitrogen and oxygen atoms in total. The Morgan fingerprint density at radius 2 is 1.11 bits per heavy atom. The van der Waals surface area contributed by atoms with Crippen molar-refractivity contribution >= 4 is 5.97 Å². The molecule has 0 aromatic heterocycles. The van der Waals surface area contributed by atoms with Gasteiger partial charge in [-0.05, 0) is 28.7 Å². The van der Waals surface area contributed by atoms with Crippen LogP contribution in [-0.4, -0.2) is 12.1 Å². The Balaban J connectivity index is 1.67. The number of cyclic esters (lactones) is 1. The lowest BCUT2D eigenvalue weighted by atomic mass is 9.91. The van der Waals surface area contributed by atoms with Gasteiger partial charge in [0.05, 0.1) is 0 Å². The van der Waals surface area contributed by atoms with Crippen molar-refractivity contribution in [2.24, 2.45) is 0 Å². The van der Waals surface area contributed by atoms with Gasteiger partial charge < -0.3 is 4.74 Å². The van der Waals surface area contributed by atoms with Gasteiger partial charge in [-0.3, -0.25) is 0 Å². The molecule has 134 valence electrons. The zero-order valence-electron chi connectivity index (χ0n) is 15.2. The fourth-order valence-corrected chi connectivity index (χ4v) is 3.61. The molecule has 0 bridgehead atoms. The summed E-state index contributed by atoms with van der Waals surface area (Å²) in [5.41, 5.74) is 5.44. The Morgan fingerprint density at radius 1 is 0.630 bits per heavy atom. The molecule has 0 saturated carbocycles. The monoisotopic (exact) mass is 354 g/mol. The van der Waals surface area contributed by atoms with E-state index in [-0.39, 0.29) is 12.1 Å². The third-order valence-corrected chi connectivity index (χ3v) is 5.00. The topological polar surface area (TPSA) is 26.3 Å². The second-order valence-electron chi connectivity index (χ2n) is 6.91. The Bertz CT molecular complexity index is 928. The normalized spacial score (nSPS) is 16.4. The number of carbonyl (C=O) groups is 1. The fraction of sp³-hybridized carbons (Fsp3) is 0.160. The van der Waals surface area contributed by atoms with Crippen LogP contribution in [0.3, 0.4) is 0 Å². The molecule has 0 unspecified atom stereocenters. The number of hydrogen-bond donors (Lipinski definition) is 0. The van der Waals surface area contributed by atoms with Crippen LogP contribution in [0.25, 0.3) is 0 Å². The highest BCUT2D eigenvalue weighted by atomic mass is 16.5. The van der Waals surface area contributed by atoms with Crippen LogP contribution in [0.4, 0.5) is 0 Å². The molecule has 0 aliphatic carbocycles. The number of esters is 1. The van der Waals surface area contributed by atoms with E-state index in [2.05, 4.69) is 36.4 Å². The summed E-state index contributed by atoms with van der Waals surface area (Å²) >= 11 is 0. The minimum absolute atomic E-state index is 0.175. The summed E-state index contributed by atoms with van der Waals surface area (Å²) in [5, 5.41) is 0. The van der Waals surface area contributed by atoms with E-state index in [1.165, 1.54) is 11.1 Å². The summed E-state index contributed by atoms with van der Waals surface area (Å²) in [6, 6.07) is 30.7. The molecule has 0 amide bonds. The maximum atomic E-state index is 12.7. The highest BCUT2D eigenvalue weighted by molar-refractivity contribution is 5.93. The zero-order valence-corrected chi connectivity index (χ0v) is 15.2. The van der Waals surface area contributed by atoms with Gasteiger partial charge in [-0.15, -0.1) is 0 Å². The van der Waals surface area contributed by atoms with Gasteiger partial charge in [0.25, 0.3) is 0 Å². The molecule has 0 spiro atoms. The molecule has 1 aliphatic rings. The van der Waals surface area contributed by atoms with E-state index >= 15 is 0 Å². The van der Waals surface area contributed by atoms with Crippen molar-refractivity contribution in [3.05, 3.63) is 119 Å². The molecule has 3 aromatic carbocycles. The summed E-state index contributed by atoms with van der Waals surface area (Å²) in [7, 11) is 0. The van der Waals surface area contributed by atoms with Crippen molar-refractivity contribution in [3.8, 4) is 0 Å². The van der Waals surface area contributed by atoms with Crippen LogP contribution in [0.1, 0.15) is 16.7 Å². The lowest BCUT2D eigenvalue weighted by Gasteiger charge is -2.15. The van der Waals surface area contributed by atoms with Crippen LogP contribution in [-0.2, 0) is 28.8 Å². The Labute approximate surface area is 160 Å². The van der Waals surface area contributed by atoms with Crippen molar-refractivity contribution in [3.63, 3.8) is 0 Å². The number of benzene rings is 3. The number of rotatable bonds is 6. The summed E-state index contributed by atoms with van der Waals surface area (Å²) in [6.45, 7) is 0. The van der Waals surface area contributed by atoms with Gasteiger partial charge in [0.2, 0.25) is 0 Å². The SMILES string of the molecule is O=C1O[C@@H](Cc2ccccc2)C(Cc2ccccc2)=C1Cc1ccccc1. The smallest absolute Gasteiger partial charge is 0.335 e. The predicted octanol–water partition coefficient (Wildman–Crippen LogP) is 4.94. The quantitative estimate of drug-likeness (QED) is 0.586. The standard InChI is InChI=1S/C25H22O2/c26-25-23(17-20-12-6-2-7-13-20)22(16-19-10-4-1-5-11-19)24(27-25)18-21-14-8-3-9-15-21/h1-15,24H,16-18H2/t24-/m0/s1. The van der Waals surface area contributed by atoms with E-state index in [0.717, 1.165) is 23.1 Å². The van der Waals surface area contributed by atoms with Crippen molar-refractivity contribution < 1.29 is 9.53 Å². The van der Waals surface area contributed by atoms with Gasteiger partial charge in [-0.2, -0.15) is 0 Å². The molecule has 1 heterocycles. The van der Waals surface area contributed by atoms with Gasteiger partial charge in [0.15, 0.2) is 0 Å². The molecule has 27 heavy (non-hydrogen) atoms. The Hall–Kier alpha value is -3.13. The molecule has 4 rings (SSSR count). The van der Waals surface area contributed by atoms with Gasteiger partial charge in [-0.25, -0.2) is 4.79 Å². The van der Waals surface area contributed by atoms with Crippen LogP contribution >= 0.6 is 0 Å². The maximum Gasteiger partial charge on any atom is 0.335 e. The second kappa shape index (κ2) is 8.05. The highest BCUT2D eigenvalue weighted by Gasteiger charge is 2.33. The van der Waals surface area contributed by atoms with Gasteiger partial charge >= 0.3 is 5.97 Å². The summed E-state index contributed by atoms with van der Waals surface area (Å²) < 4.78 is 5.82. The maximum absolute atomic E-state index is 12.7. The first kappa shape index (κ1) is 17.3. The Kier molecular flexibility index (Phi) is 5.15. The second-order valence-corrected chi connectivity index (χ2v) is 6.91. The molecule has 1 aliphatic heterocycles. The highest BCUT2D eigenvalue weighted by Crippen LogP contribution is 2.30. The van der Waals surface area contributed by atoms with E-state index in [9.17, 15) is 4.79 Å². The minimum atomic E-state index is -0.196. The Morgan fingerprint density at radius 3 is 1.67 bits per heavy atom. The molecule has 0 radical (unpaired) electrons. The van der Waals surface area contributed by atoms with E-state index in [4.69, 9.17) is 4.74 Å². The third-order valence-electron chi connectivity index (χ3n) is 5.00. The largest absolute Gasteiger partial charge is 0.454 e. The molecule has 3 aromatic rings. The number of ether oxygens (including phenoxy) is 1. The van der Waals surface area contributed by atoms with Crippen molar-refractivity contribution in [1.29, 1.82) is 0 Å². The van der Waals surface area contributed by atoms with Gasteiger partial charge in [-0.1, -0.05) is 91.0 Å². The van der Waals surface area contributed by atoms with E-state index < -0.39 is 0 Å². The fourth-order valence-electron chi connectivity index (χ4n) is 3.61. The van der Waals surface area contributed by atoms with E-state index in [0.29, 0.717) is 12.8 Å². The first-order chi connectivity index (χ1) is 13.3. The predicted molar refractivity (Wildman–Crippen MR) is 107 cm³/mol. The summed E-state index contributed by atoms with van der Waals surface area (Å²) in [4.78, 5) is 12.7. The summed E-state index contributed by atoms with van der Waals surface area (Å²) in [5.74, 6) is -0.175. The number of carbonyl (C=O) groups excluding carboxylic acids is 1. The van der Waals surface area contributed by atoms with Gasteiger partial charge in [0.1, 0.15) is 6.10 Å². The minimum Gasteiger partial charge on any atom is -0.454 e. The summed E-state index contributed by atoms with van der Waals surface area (Å²) in [6.07, 6.45) is 1.88. The van der Waals surface area contributed by atoms with E-state index in [1.807, 2.05) is 54.6 Å². The van der Waals surface area contributed by atoms with Crippen LogP contribution in [0.2, 0.25) is 0 Å². The zero-order chi connectivity index (χ0) is 18.5. The molecule has 2 heteroatoms. The lowest BCUT2D eigenvalue weighted by molar-refractivity contribution is -0.139. The average molecular weight is 354 g/mol. The van der Waals surface area contributed by atoms with Crippen LogP contribution in [0.15, 0.2) is 102 Å². The van der Waals surface area contributed by atoms with Crippen LogP contribution in [0, 0.1) is 0 Å². The molecule has 0 N–H and O–H groups in total. The first-order valence-corrected chi connectivity index (χ1v) is 9.34. The van der Waals surface area contributed by atoms with Crippen molar-refractivity contribution in [1.82, 2.24) is 0 Å². The van der Waals surface area contributed by atoms with Crippen molar-refractivity contribution in [2.45, 2.75) is 25.4 Å². The molecule has 0 fully saturated rings. The van der Waals surface area contributed by atoms with Crippen LogP contribution in [0.5, 0.6) is 0 Å². The van der Waals surface area contributed by atoms with E-state index in [1.54, 1.807) is 0 Å². The third kappa shape index (κ3) is 4.17. The van der Waals surface area contributed by atoms with Gasteiger partial charge in [0, 0.05) is 18.4 Å². The van der Waals surface area contributed by atoms with Crippen molar-refractivity contribution in [2.75, 3.05) is 0 Å².